The molecule has 1 amide bonds. The second-order valence-corrected chi connectivity index (χ2v) is 8.02. The van der Waals surface area contributed by atoms with Gasteiger partial charge in [-0.25, -0.2) is 9.97 Å². The van der Waals surface area contributed by atoms with Gasteiger partial charge in [-0.3, -0.25) is 14.1 Å². The van der Waals surface area contributed by atoms with Crippen LogP contribution in [0.1, 0.15) is 27.8 Å². The Morgan fingerprint density at radius 1 is 1.06 bits per heavy atom. The van der Waals surface area contributed by atoms with Crippen molar-refractivity contribution >= 4 is 23.2 Å². The SMILES string of the molecule is Cc1cccc(NC(=O)c2ccc3nnc([C@H]4CN(c5ncccn5)CCN4C)n3c2)c1. The fourth-order valence-electron chi connectivity index (χ4n) is 3.98. The summed E-state index contributed by atoms with van der Waals surface area (Å²) in [5.41, 5.74) is 3.10. The first-order valence-corrected chi connectivity index (χ1v) is 10.5. The Bertz CT molecular complexity index is 1260. The van der Waals surface area contributed by atoms with Crippen LogP contribution in [0.25, 0.3) is 5.65 Å². The van der Waals surface area contributed by atoms with E-state index in [1.807, 2.05) is 53.9 Å². The molecular weight excluding hydrogens is 404 g/mol. The van der Waals surface area contributed by atoms with E-state index in [-0.39, 0.29) is 11.9 Å². The van der Waals surface area contributed by atoms with Crippen LogP contribution in [0, 0.1) is 6.92 Å². The van der Waals surface area contributed by atoms with E-state index in [1.165, 1.54) is 0 Å². The van der Waals surface area contributed by atoms with Crippen LogP contribution < -0.4 is 10.2 Å². The van der Waals surface area contributed by atoms with E-state index in [2.05, 4.69) is 42.3 Å². The van der Waals surface area contributed by atoms with Crippen molar-refractivity contribution in [3.8, 4) is 0 Å². The number of anilines is 2. The van der Waals surface area contributed by atoms with Crippen molar-refractivity contribution in [1.82, 2.24) is 29.5 Å². The zero-order valence-electron chi connectivity index (χ0n) is 18.0. The molecule has 3 aromatic heterocycles. The first-order valence-electron chi connectivity index (χ1n) is 10.5. The summed E-state index contributed by atoms with van der Waals surface area (Å²) in [7, 11) is 2.07. The van der Waals surface area contributed by atoms with Crippen molar-refractivity contribution in [1.29, 1.82) is 0 Å². The number of aromatic nitrogens is 5. The van der Waals surface area contributed by atoms with Gasteiger partial charge in [0, 0.05) is 43.9 Å². The molecule has 0 radical (unpaired) electrons. The van der Waals surface area contributed by atoms with Gasteiger partial charge in [-0.2, -0.15) is 0 Å². The molecule has 0 saturated carbocycles. The maximum absolute atomic E-state index is 12.9. The molecule has 1 aromatic carbocycles. The number of likely N-dealkylation sites (N-methyl/N-ethyl adjacent to an activating group) is 1. The van der Waals surface area contributed by atoms with Gasteiger partial charge in [0.25, 0.3) is 5.91 Å². The third-order valence-electron chi connectivity index (χ3n) is 5.75. The predicted octanol–water partition coefficient (Wildman–Crippen LogP) is 2.57. The summed E-state index contributed by atoms with van der Waals surface area (Å²) in [6, 6.07) is 13.1. The molecule has 9 heteroatoms. The van der Waals surface area contributed by atoms with Gasteiger partial charge in [-0.15, -0.1) is 10.2 Å². The number of nitrogens with one attached hydrogen (secondary N) is 1. The molecular formula is C23H24N8O. The van der Waals surface area contributed by atoms with Crippen LogP contribution in [-0.2, 0) is 0 Å². The average molecular weight is 429 g/mol. The van der Waals surface area contributed by atoms with Crippen LogP contribution in [0.5, 0.6) is 0 Å². The summed E-state index contributed by atoms with van der Waals surface area (Å²) in [4.78, 5) is 26.1. The highest BCUT2D eigenvalue weighted by Crippen LogP contribution is 2.25. The molecule has 0 aliphatic carbocycles. The zero-order chi connectivity index (χ0) is 22.1. The van der Waals surface area contributed by atoms with E-state index in [0.29, 0.717) is 23.7 Å². The molecule has 0 bridgehead atoms. The molecule has 1 aliphatic rings. The first kappa shape index (κ1) is 20.1. The number of nitrogens with zero attached hydrogens (tertiary/aromatic N) is 7. The number of benzene rings is 1. The maximum atomic E-state index is 12.9. The number of carbonyl (C=O) groups excluding carboxylic acids is 1. The number of hydrogen-bond donors (Lipinski definition) is 1. The van der Waals surface area contributed by atoms with Gasteiger partial charge in [0.1, 0.15) is 0 Å². The second kappa shape index (κ2) is 8.35. The Morgan fingerprint density at radius 3 is 2.72 bits per heavy atom. The van der Waals surface area contributed by atoms with Crippen LogP contribution in [0.15, 0.2) is 61.1 Å². The molecule has 5 rings (SSSR count). The molecule has 4 aromatic rings. The minimum Gasteiger partial charge on any atom is -0.338 e. The smallest absolute Gasteiger partial charge is 0.257 e. The highest BCUT2D eigenvalue weighted by Gasteiger charge is 2.30. The van der Waals surface area contributed by atoms with Gasteiger partial charge in [0.2, 0.25) is 5.95 Å². The molecule has 4 heterocycles. The standard InChI is InChI=1S/C23H24N8O/c1-16-5-3-6-18(13-16)26-22(32)17-7-8-20-27-28-21(31(20)14-17)19-15-30(12-11-29(19)2)23-24-9-4-10-25-23/h3-10,13-14,19H,11-12,15H2,1-2H3,(H,26,32)/t19-/m1/s1. The van der Waals surface area contributed by atoms with Crippen LogP contribution in [-0.4, -0.2) is 62.1 Å². The number of hydrogen-bond acceptors (Lipinski definition) is 7. The highest BCUT2D eigenvalue weighted by molar-refractivity contribution is 6.04. The summed E-state index contributed by atoms with van der Waals surface area (Å²) in [5.74, 6) is 1.32. The van der Waals surface area contributed by atoms with Gasteiger partial charge < -0.3 is 10.2 Å². The predicted molar refractivity (Wildman–Crippen MR) is 122 cm³/mol. The van der Waals surface area contributed by atoms with E-state index in [1.54, 1.807) is 18.5 Å². The number of aryl methyl sites for hydroxylation is 1. The zero-order valence-corrected chi connectivity index (χ0v) is 18.0. The van der Waals surface area contributed by atoms with Gasteiger partial charge in [0.05, 0.1) is 11.6 Å². The lowest BCUT2D eigenvalue weighted by molar-refractivity contribution is 0.102. The molecule has 0 unspecified atom stereocenters. The lowest BCUT2D eigenvalue weighted by atomic mass is 10.1. The van der Waals surface area contributed by atoms with Crippen molar-refractivity contribution in [2.24, 2.45) is 0 Å². The normalized spacial score (nSPS) is 16.9. The Hall–Kier alpha value is -3.85. The summed E-state index contributed by atoms with van der Waals surface area (Å²) in [6.07, 6.45) is 5.31. The summed E-state index contributed by atoms with van der Waals surface area (Å²) in [6.45, 7) is 4.35. The van der Waals surface area contributed by atoms with Crippen molar-refractivity contribution < 1.29 is 4.79 Å². The van der Waals surface area contributed by atoms with Crippen molar-refractivity contribution in [2.45, 2.75) is 13.0 Å². The number of piperazine rings is 1. The summed E-state index contributed by atoms with van der Waals surface area (Å²) < 4.78 is 1.90. The molecule has 1 N–H and O–H groups in total. The number of amides is 1. The Kier molecular flexibility index (Phi) is 5.24. The fraction of sp³-hybridized carbons (Fsp3) is 0.261. The van der Waals surface area contributed by atoms with E-state index in [0.717, 1.165) is 30.2 Å². The Morgan fingerprint density at radius 2 is 1.91 bits per heavy atom. The van der Waals surface area contributed by atoms with E-state index < -0.39 is 0 Å². The Labute approximate surface area is 185 Å². The van der Waals surface area contributed by atoms with Crippen LogP contribution in [0.3, 0.4) is 0 Å². The van der Waals surface area contributed by atoms with E-state index in [4.69, 9.17) is 0 Å². The van der Waals surface area contributed by atoms with Crippen molar-refractivity contribution in [3.05, 3.63) is 78.0 Å². The second-order valence-electron chi connectivity index (χ2n) is 8.02. The first-order chi connectivity index (χ1) is 15.6. The quantitative estimate of drug-likeness (QED) is 0.534. The monoisotopic (exact) mass is 428 g/mol. The molecule has 1 fully saturated rings. The Balaban J connectivity index is 1.43. The van der Waals surface area contributed by atoms with E-state index in [9.17, 15) is 4.79 Å². The minimum atomic E-state index is -0.173. The molecule has 32 heavy (non-hydrogen) atoms. The number of rotatable bonds is 4. The highest BCUT2D eigenvalue weighted by atomic mass is 16.1. The molecule has 1 saturated heterocycles. The lowest BCUT2D eigenvalue weighted by Crippen LogP contribution is -2.47. The minimum absolute atomic E-state index is 0.0161. The molecule has 0 spiro atoms. The molecule has 162 valence electrons. The summed E-state index contributed by atoms with van der Waals surface area (Å²) in [5, 5.41) is 11.8. The van der Waals surface area contributed by atoms with E-state index >= 15 is 0 Å². The molecule has 1 aliphatic heterocycles. The maximum Gasteiger partial charge on any atom is 0.257 e. The largest absolute Gasteiger partial charge is 0.338 e. The van der Waals surface area contributed by atoms with Gasteiger partial charge in [-0.05, 0) is 49.9 Å². The molecule has 9 nitrogen and oxygen atoms in total. The van der Waals surface area contributed by atoms with Crippen LogP contribution >= 0.6 is 0 Å². The van der Waals surface area contributed by atoms with Crippen molar-refractivity contribution in [2.75, 3.05) is 36.9 Å². The third-order valence-corrected chi connectivity index (χ3v) is 5.75. The fourth-order valence-corrected chi connectivity index (χ4v) is 3.98. The van der Waals surface area contributed by atoms with Crippen LogP contribution in [0.4, 0.5) is 11.6 Å². The number of pyridine rings is 1. The third kappa shape index (κ3) is 3.90. The van der Waals surface area contributed by atoms with Crippen LogP contribution in [0.2, 0.25) is 0 Å². The van der Waals surface area contributed by atoms with Gasteiger partial charge in [0.15, 0.2) is 11.5 Å². The van der Waals surface area contributed by atoms with Gasteiger partial charge >= 0.3 is 0 Å². The molecule has 1 atom stereocenters. The van der Waals surface area contributed by atoms with Crippen molar-refractivity contribution in [3.63, 3.8) is 0 Å². The number of carbonyl (C=O) groups is 1. The topological polar surface area (TPSA) is 91.5 Å². The number of fused-ring (bicyclic) bond motifs is 1. The van der Waals surface area contributed by atoms with Gasteiger partial charge in [-0.1, -0.05) is 12.1 Å². The lowest BCUT2D eigenvalue weighted by Gasteiger charge is -2.38. The average Bonchev–Trinajstić information content (AvgIpc) is 3.23. The summed E-state index contributed by atoms with van der Waals surface area (Å²) >= 11 is 0.